The lowest BCUT2D eigenvalue weighted by atomic mass is 9.66. The van der Waals surface area contributed by atoms with Gasteiger partial charge in [0.05, 0.1) is 17.0 Å². The van der Waals surface area contributed by atoms with Gasteiger partial charge in [-0.2, -0.15) is 0 Å². The molecule has 38 heavy (non-hydrogen) atoms. The van der Waals surface area contributed by atoms with E-state index in [4.69, 9.17) is 9.15 Å². The van der Waals surface area contributed by atoms with E-state index in [-0.39, 0.29) is 23.5 Å². The molecule has 1 saturated heterocycles. The first-order chi connectivity index (χ1) is 18.4. The smallest absolute Gasteiger partial charge is 0.339 e. The van der Waals surface area contributed by atoms with Crippen LogP contribution in [0.4, 0.5) is 0 Å². The summed E-state index contributed by atoms with van der Waals surface area (Å²) in [5, 5.41) is 12.4. The highest BCUT2D eigenvalue weighted by atomic mass is 16.5. The average Bonchev–Trinajstić information content (AvgIpc) is 2.92. The van der Waals surface area contributed by atoms with Crippen LogP contribution in [-0.4, -0.2) is 34.2 Å². The van der Waals surface area contributed by atoms with Crippen molar-refractivity contribution < 1.29 is 19.1 Å². The van der Waals surface area contributed by atoms with Gasteiger partial charge in [-0.25, -0.2) is 4.79 Å². The minimum atomic E-state index is -0.733. The molecule has 200 valence electrons. The van der Waals surface area contributed by atoms with Crippen LogP contribution in [0, 0.1) is 12.8 Å². The number of nitrogens with zero attached hydrogens (tertiary/aromatic N) is 1. The van der Waals surface area contributed by atoms with E-state index < -0.39 is 11.7 Å². The molecule has 2 heterocycles. The molecule has 1 aliphatic heterocycles. The van der Waals surface area contributed by atoms with E-state index in [0.29, 0.717) is 30.7 Å². The number of ether oxygens (including phenoxy) is 1. The monoisotopic (exact) mass is 515 g/mol. The minimum absolute atomic E-state index is 0.00430. The average molecular weight is 516 g/mol. The van der Waals surface area contributed by atoms with Gasteiger partial charge in [0.25, 0.3) is 5.91 Å². The van der Waals surface area contributed by atoms with Crippen LogP contribution >= 0.6 is 0 Å². The van der Waals surface area contributed by atoms with Gasteiger partial charge in [0.1, 0.15) is 11.3 Å². The van der Waals surface area contributed by atoms with E-state index in [1.807, 2.05) is 49.1 Å². The maximum absolute atomic E-state index is 14.1. The molecule has 1 unspecified atom stereocenters. The summed E-state index contributed by atoms with van der Waals surface area (Å²) >= 11 is 0. The molecular weight excluding hydrogens is 478 g/mol. The van der Waals surface area contributed by atoms with E-state index in [0.717, 1.165) is 72.6 Å². The first-order valence-corrected chi connectivity index (χ1v) is 14.2. The van der Waals surface area contributed by atoms with Gasteiger partial charge in [-0.1, -0.05) is 43.2 Å². The number of carbonyl (C=O) groups is 1. The van der Waals surface area contributed by atoms with E-state index >= 15 is 0 Å². The first kappa shape index (κ1) is 25.2. The molecule has 1 aromatic heterocycles. The normalized spacial score (nSPS) is 25.9. The zero-order chi connectivity index (χ0) is 26.4. The van der Waals surface area contributed by atoms with Gasteiger partial charge in [-0.3, -0.25) is 4.79 Å². The van der Waals surface area contributed by atoms with Crippen molar-refractivity contribution in [3.63, 3.8) is 0 Å². The number of hydrogen-bond donors (Lipinski definition) is 1. The first-order valence-electron chi connectivity index (χ1n) is 14.2. The zero-order valence-electron chi connectivity index (χ0n) is 22.4. The van der Waals surface area contributed by atoms with Crippen LogP contribution in [-0.2, 0) is 17.6 Å². The molecule has 6 heteroatoms. The summed E-state index contributed by atoms with van der Waals surface area (Å²) < 4.78 is 12.2. The summed E-state index contributed by atoms with van der Waals surface area (Å²) in [5.74, 6) is 0.530. The second-order valence-corrected chi connectivity index (χ2v) is 11.5. The van der Waals surface area contributed by atoms with Crippen molar-refractivity contribution in [1.29, 1.82) is 0 Å². The minimum Gasteiger partial charge on any atom is -0.480 e. The van der Waals surface area contributed by atoms with Gasteiger partial charge in [0.2, 0.25) is 0 Å². The Morgan fingerprint density at radius 1 is 1.08 bits per heavy atom. The Balaban J connectivity index is 1.35. The lowest BCUT2D eigenvalue weighted by Crippen LogP contribution is -2.58. The van der Waals surface area contributed by atoms with E-state index in [9.17, 15) is 14.7 Å². The molecule has 0 spiro atoms. The number of hydrogen-bond acceptors (Lipinski definition) is 5. The van der Waals surface area contributed by atoms with Gasteiger partial charge in [0.15, 0.2) is 6.10 Å². The molecule has 3 aliphatic rings. The molecule has 0 bridgehead atoms. The van der Waals surface area contributed by atoms with Gasteiger partial charge >= 0.3 is 5.63 Å². The van der Waals surface area contributed by atoms with Gasteiger partial charge in [0, 0.05) is 18.0 Å². The van der Waals surface area contributed by atoms with Crippen molar-refractivity contribution in [2.24, 2.45) is 5.92 Å². The molecule has 1 N–H and O–H groups in total. The number of benzene rings is 2. The number of likely N-dealkylation sites (tertiary alicyclic amines) is 1. The topological polar surface area (TPSA) is 80.0 Å². The highest BCUT2D eigenvalue weighted by Crippen LogP contribution is 2.49. The number of amides is 1. The molecule has 0 radical (unpaired) electrons. The number of aryl methyl sites for hydroxylation is 2. The SMILES string of the molecule is Cc1cc(OC(C)C(=O)N2CC[C@@]3(O)CCCC[C@H]3[C@@H]2c2ccccc2)c2c3c(c(=O)oc2c1)CCCC3. The number of piperidine rings is 1. The lowest BCUT2D eigenvalue weighted by molar-refractivity contribution is -0.161. The highest BCUT2D eigenvalue weighted by molar-refractivity contribution is 5.89. The molecule has 1 amide bonds. The lowest BCUT2D eigenvalue weighted by Gasteiger charge is -2.53. The largest absolute Gasteiger partial charge is 0.480 e. The molecule has 1 saturated carbocycles. The summed E-state index contributed by atoms with van der Waals surface area (Å²) in [6, 6.07) is 13.8. The quantitative estimate of drug-likeness (QED) is 0.455. The van der Waals surface area contributed by atoms with Crippen molar-refractivity contribution in [2.75, 3.05) is 6.54 Å². The van der Waals surface area contributed by atoms with E-state index in [1.54, 1.807) is 0 Å². The maximum atomic E-state index is 14.1. The van der Waals surface area contributed by atoms with Gasteiger partial charge < -0.3 is 19.2 Å². The Labute approximate surface area is 223 Å². The van der Waals surface area contributed by atoms with Crippen molar-refractivity contribution >= 4 is 16.9 Å². The Kier molecular flexibility index (Phi) is 6.55. The van der Waals surface area contributed by atoms with Crippen molar-refractivity contribution in [2.45, 2.75) is 89.4 Å². The van der Waals surface area contributed by atoms with Crippen molar-refractivity contribution in [3.05, 3.63) is 75.1 Å². The third-order valence-electron chi connectivity index (χ3n) is 9.07. The van der Waals surface area contributed by atoms with Crippen LogP contribution in [0.1, 0.15) is 80.2 Å². The Hall–Kier alpha value is -3.12. The fraction of sp³-hybridized carbons (Fsp3) is 0.500. The molecule has 6 rings (SSSR count). The van der Waals surface area contributed by atoms with Crippen LogP contribution in [0.3, 0.4) is 0 Å². The van der Waals surface area contributed by atoms with Crippen molar-refractivity contribution in [1.82, 2.24) is 4.90 Å². The summed E-state index contributed by atoms with van der Waals surface area (Å²) in [6.45, 7) is 4.25. The Morgan fingerprint density at radius 3 is 2.63 bits per heavy atom. The predicted octanol–water partition coefficient (Wildman–Crippen LogP) is 5.64. The number of carbonyl (C=O) groups excluding carboxylic acids is 1. The standard InChI is InChI=1S/C32H37NO5/c1-20-18-26(28-23-12-6-7-13-24(23)31(35)38-27(28)19-20)37-21(2)30(34)33-17-16-32(36)15-9-8-14-25(32)29(33)22-10-4-3-5-11-22/h3-5,10-11,18-19,21,25,29,36H,6-9,12-17H2,1-2H3/t21?,25-,29-,32-/m0/s1. The number of rotatable bonds is 4. The third-order valence-corrected chi connectivity index (χ3v) is 9.07. The van der Waals surface area contributed by atoms with Crippen LogP contribution < -0.4 is 10.4 Å². The van der Waals surface area contributed by atoms with Crippen LogP contribution in [0.25, 0.3) is 11.0 Å². The summed E-state index contributed by atoms with van der Waals surface area (Å²) in [7, 11) is 0. The zero-order valence-corrected chi connectivity index (χ0v) is 22.4. The Morgan fingerprint density at radius 2 is 1.84 bits per heavy atom. The van der Waals surface area contributed by atoms with Crippen molar-refractivity contribution in [3.8, 4) is 5.75 Å². The molecule has 3 aromatic rings. The van der Waals surface area contributed by atoms with Crippen LogP contribution in [0.2, 0.25) is 0 Å². The highest BCUT2D eigenvalue weighted by Gasteiger charge is 2.50. The summed E-state index contributed by atoms with van der Waals surface area (Å²) in [5.41, 5.74) is 3.26. The van der Waals surface area contributed by atoms with E-state index in [1.165, 1.54) is 0 Å². The van der Waals surface area contributed by atoms with E-state index in [2.05, 4.69) is 12.1 Å². The number of aliphatic hydroxyl groups is 1. The van der Waals surface area contributed by atoms with Crippen LogP contribution in [0.15, 0.2) is 51.7 Å². The summed E-state index contributed by atoms with van der Waals surface area (Å²) in [4.78, 5) is 28.7. The second kappa shape index (κ2) is 9.88. The van der Waals surface area contributed by atoms with Gasteiger partial charge in [-0.15, -0.1) is 0 Å². The summed E-state index contributed by atoms with van der Waals surface area (Å²) in [6.07, 6.45) is 7.17. The molecular formula is C32H37NO5. The maximum Gasteiger partial charge on any atom is 0.339 e. The molecule has 2 aromatic carbocycles. The fourth-order valence-electron chi connectivity index (χ4n) is 7.23. The molecule has 2 fully saturated rings. The molecule has 6 nitrogen and oxygen atoms in total. The van der Waals surface area contributed by atoms with Gasteiger partial charge in [-0.05, 0) is 87.6 Å². The predicted molar refractivity (Wildman–Crippen MR) is 146 cm³/mol. The van der Waals surface area contributed by atoms with Crippen LogP contribution in [0.5, 0.6) is 5.75 Å². The Bertz CT molecular complexity index is 1410. The second-order valence-electron chi connectivity index (χ2n) is 11.5. The molecule has 2 aliphatic carbocycles. The third kappa shape index (κ3) is 4.33. The molecule has 4 atom stereocenters. The fourth-order valence-corrected chi connectivity index (χ4v) is 7.23. The number of fused-ring (bicyclic) bond motifs is 4.